The Kier molecular flexibility index (Phi) is 4.65. The molecule has 2 rings (SSSR count). The summed E-state index contributed by atoms with van der Waals surface area (Å²) in [5, 5.41) is 12.2. The summed E-state index contributed by atoms with van der Waals surface area (Å²) >= 11 is 0. The third kappa shape index (κ3) is 2.96. The van der Waals surface area contributed by atoms with E-state index in [4.69, 9.17) is 4.74 Å². The molecule has 0 heterocycles. The van der Waals surface area contributed by atoms with Gasteiger partial charge in [-0.25, -0.2) is 0 Å². The molecule has 110 valence electrons. The number of methoxy groups -OCH3 is 1. The molecule has 1 saturated carbocycles. The van der Waals surface area contributed by atoms with Crippen LogP contribution in [0.25, 0.3) is 0 Å². The molecule has 2 N–H and O–H groups in total. The van der Waals surface area contributed by atoms with Crippen molar-refractivity contribution in [3.8, 4) is 5.75 Å². The number of benzene rings is 1. The average Bonchev–Trinajstić information content (AvgIpc) is 2.94. The van der Waals surface area contributed by atoms with Gasteiger partial charge in [-0.1, -0.05) is 31.0 Å². The van der Waals surface area contributed by atoms with Crippen molar-refractivity contribution in [3.63, 3.8) is 0 Å². The molecule has 4 heteroatoms. The van der Waals surface area contributed by atoms with Crippen LogP contribution in [0, 0.1) is 0 Å². The lowest BCUT2D eigenvalue weighted by Crippen LogP contribution is -2.42. The summed E-state index contributed by atoms with van der Waals surface area (Å²) in [4.78, 5) is 11.6. The molecule has 1 aromatic rings. The van der Waals surface area contributed by atoms with Crippen LogP contribution < -0.4 is 10.1 Å². The number of hydrogen-bond acceptors (Lipinski definition) is 3. The highest BCUT2D eigenvalue weighted by molar-refractivity contribution is 5.80. The number of hydrogen-bond donors (Lipinski definition) is 2. The van der Waals surface area contributed by atoms with Gasteiger partial charge in [-0.2, -0.15) is 0 Å². The first-order chi connectivity index (χ1) is 9.59. The van der Waals surface area contributed by atoms with E-state index in [0.29, 0.717) is 6.54 Å². The zero-order chi connectivity index (χ0) is 14.6. The normalized spacial score (nSPS) is 18.6. The van der Waals surface area contributed by atoms with Crippen LogP contribution in [0.4, 0.5) is 0 Å². The Morgan fingerprint density at radius 1 is 1.40 bits per heavy atom. The van der Waals surface area contributed by atoms with Crippen molar-refractivity contribution in [1.82, 2.24) is 5.32 Å². The number of aliphatic hydroxyl groups is 1. The van der Waals surface area contributed by atoms with Gasteiger partial charge in [0.25, 0.3) is 0 Å². The highest BCUT2D eigenvalue weighted by atomic mass is 16.5. The van der Waals surface area contributed by atoms with E-state index >= 15 is 0 Å². The fourth-order valence-corrected chi connectivity index (χ4v) is 3.08. The standard InChI is InChI=1S/C16H23NO3/c1-12(18)15(19)17-11-16(9-5-6-10-16)13-7-3-4-8-14(13)20-2/h3-4,7-8,12,18H,5-6,9-11H2,1-2H3,(H,17,19). The Labute approximate surface area is 120 Å². The molecule has 1 fully saturated rings. The van der Waals surface area contributed by atoms with Gasteiger partial charge in [-0.05, 0) is 25.8 Å². The topological polar surface area (TPSA) is 58.6 Å². The molecule has 1 atom stereocenters. The van der Waals surface area contributed by atoms with Crippen LogP contribution in [-0.4, -0.2) is 30.8 Å². The molecule has 0 saturated heterocycles. The van der Waals surface area contributed by atoms with E-state index in [-0.39, 0.29) is 11.3 Å². The van der Waals surface area contributed by atoms with Gasteiger partial charge in [-0.15, -0.1) is 0 Å². The molecule has 4 nitrogen and oxygen atoms in total. The van der Waals surface area contributed by atoms with Crippen molar-refractivity contribution in [1.29, 1.82) is 0 Å². The second kappa shape index (κ2) is 6.27. The predicted molar refractivity (Wildman–Crippen MR) is 77.8 cm³/mol. The largest absolute Gasteiger partial charge is 0.496 e. The van der Waals surface area contributed by atoms with Crippen molar-refractivity contribution in [3.05, 3.63) is 29.8 Å². The van der Waals surface area contributed by atoms with Crippen molar-refractivity contribution >= 4 is 5.91 Å². The van der Waals surface area contributed by atoms with Crippen LogP contribution >= 0.6 is 0 Å². The molecule has 1 aromatic carbocycles. The summed E-state index contributed by atoms with van der Waals surface area (Å²) in [5.74, 6) is 0.562. The molecule has 0 bridgehead atoms. The van der Waals surface area contributed by atoms with Crippen LogP contribution in [0.3, 0.4) is 0 Å². The summed E-state index contributed by atoms with van der Waals surface area (Å²) in [6.45, 7) is 2.04. The first kappa shape index (κ1) is 14.9. The van der Waals surface area contributed by atoms with Gasteiger partial charge in [0.1, 0.15) is 11.9 Å². The van der Waals surface area contributed by atoms with Crippen LogP contribution in [0.5, 0.6) is 5.75 Å². The smallest absolute Gasteiger partial charge is 0.248 e. The zero-order valence-corrected chi connectivity index (χ0v) is 12.2. The van der Waals surface area contributed by atoms with Crippen molar-refractivity contribution in [2.75, 3.05) is 13.7 Å². The minimum absolute atomic E-state index is 0.0723. The van der Waals surface area contributed by atoms with Gasteiger partial charge < -0.3 is 15.2 Å². The number of aliphatic hydroxyl groups excluding tert-OH is 1. The number of para-hydroxylation sites is 1. The maximum absolute atomic E-state index is 11.6. The Bertz CT molecular complexity index is 465. The zero-order valence-electron chi connectivity index (χ0n) is 12.2. The molecule has 0 spiro atoms. The molecular formula is C16H23NO3. The molecule has 1 unspecified atom stereocenters. The van der Waals surface area contributed by atoms with Crippen LogP contribution in [0.2, 0.25) is 0 Å². The van der Waals surface area contributed by atoms with E-state index in [9.17, 15) is 9.90 Å². The maximum Gasteiger partial charge on any atom is 0.248 e. The lowest BCUT2D eigenvalue weighted by Gasteiger charge is -2.31. The summed E-state index contributed by atoms with van der Waals surface area (Å²) in [7, 11) is 1.68. The molecule has 1 aliphatic rings. The van der Waals surface area contributed by atoms with E-state index in [2.05, 4.69) is 11.4 Å². The van der Waals surface area contributed by atoms with Gasteiger partial charge in [0.2, 0.25) is 5.91 Å². The molecule has 20 heavy (non-hydrogen) atoms. The monoisotopic (exact) mass is 277 g/mol. The van der Waals surface area contributed by atoms with E-state index in [1.54, 1.807) is 7.11 Å². The van der Waals surface area contributed by atoms with Gasteiger partial charge in [0.05, 0.1) is 7.11 Å². The van der Waals surface area contributed by atoms with Crippen molar-refractivity contribution < 1.29 is 14.6 Å². The SMILES string of the molecule is COc1ccccc1C1(CNC(=O)C(C)O)CCCC1. The van der Waals surface area contributed by atoms with Gasteiger partial charge in [0.15, 0.2) is 0 Å². The summed E-state index contributed by atoms with van der Waals surface area (Å²) in [5.41, 5.74) is 1.09. The van der Waals surface area contributed by atoms with E-state index in [1.807, 2.05) is 18.2 Å². The number of nitrogens with one attached hydrogen (secondary N) is 1. The Hall–Kier alpha value is -1.55. The predicted octanol–water partition coefficient (Wildman–Crippen LogP) is 2.00. The highest BCUT2D eigenvalue weighted by Gasteiger charge is 2.38. The summed E-state index contributed by atoms with van der Waals surface area (Å²) in [6.07, 6.45) is 3.41. The first-order valence-corrected chi connectivity index (χ1v) is 7.18. The first-order valence-electron chi connectivity index (χ1n) is 7.18. The number of ether oxygens (including phenoxy) is 1. The molecule has 0 aromatic heterocycles. The number of carbonyl (C=O) groups excluding carboxylic acids is 1. The third-order valence-corrected chi connectivity index (χ3v) is 4.22. The quantitative estimate of drug-likeness (QED) is 0.865. The van der Waals surface area contributed by atoms with E-state index in [1.165, 1.54) is 6.92 Å². The molecule has 0 aliphatic heterocycles. The second-order valence-corrected chi connectivity index (χ2v) is 5.58. The highest BCUT2D eigenvalue weighted by Crippen LogP contribution is 2.44. The Morgan fingerprint density at radius 2 is 2.05 bits per heavy atom. The fourth-order valence-electron chi connectivity index (χ4n) is 3.08. The van der Waals surface area contributed by atoms with Gasteiger partial charge in [0, 0.05) is 17.5 Å². The van der Waals surface area contributed by atoms with Gasteiger partial charge >= 0.3 is 0 Å². The van der Waals surface area contributed by atoms with Gasteiger partial charge in [-0.3, -0.25) is 4.79 Å². The minimum atomic E-state index is -0.967. The third-order valence-electron chi connectivity index (χ3n) is 4.22. The summed E-state index contributed by atoms with van der Waals surface area (Å²) < 4.78 is 5.47. The number of amides is 1. The average molecular weight is 277 g/mol. The Balaban J connectivity index is 2.23. The molecule has 0 radical (unpaired) electrons. The van der Waals surface area contributed by atoms with E-state index in [0.717, 1.165) is 37.0 Å². The maximum atomic E-state index is 11.6. The Morgan fingerprint density at radius 3 is 2.65 bits per heavy atom. The van der Waals surface area contributed by atoms with Crippen molar-refractivity contribution in [2.45, 2.75) is 44.1 Å². The number of carbonyl (C=O) groups is 1. The number of rotatable bonds is 5. The van der Waals surface area contributed by atoms with Crippen molar-refractivity contribution in [2.24, 2.45) is 0 Å². The van der Waals surface area contributed by atoms with Crippen LogP contribution in [0.15, 0.2) is 24.3 Å². The molecule has 1 aliphatic carbocycles. The lowest BCUT2D eigenvalue weighted by atomic mass is 9.78. The van der Waals surface area contributed by atoms with Crippen LogP contribution in [-0.2, 0) is 10.2 Å². The van der Waals surface area contributed by atoms with E-state index < -0.39 is 6.10 Å². The second-order valence-electron chi connectivity index (χ2n) is 5.58. The molecule has 1 amide bonds. The summed E-state index contributed by atoms with van der Waals surface area (Å²) in [6, 6.07) is 8.01. The molecular weight excluding hydrogens is 254 g/mol. The minimum Gasteiger partial charge on any atom is -0.496 e. The fraction of sp³-hybridized carbons (Fsp3) is 0.562. The lowest BCUT2D eigenvalue weighted by molar-refractivity contribution is -0.128. The van der Waals surface area contributed by atoms with Crippen LogP contribution in [0.1, 0.15) is 38.2 Å².